The molecular weight excluding hydrogens is 404 g/mol. The van der Waals surface area contributed by atoms with Gasteiger partial charge in [-0.15, -0.1) is 0 Å². The van der Waals surface area contributed by atoms with Crippen LogP contribution in [0.4, 0.5) is 26.5 Å². The number of H-pyrrole nitrogens is 1. The SMILES string of the molecule is CC(Nc1nc(Nc2cc(-c3ccco3)[nH]n2)nc(C2CC2)n1)c1ccc(F)cc1F. The molecule has 1 unspecified atom stereocenters. The van der Waals surface area contributed by atoms with Gasteiger partial charge in [0.05, 0.1) is 12.3 Å². The van der Waals surface area contributed by atoms with E-state index in [4.69, 9.17) is 4.42 Å². The number of furan rings is 1. The molecule has 31 heavy (non-hydrogen) atoms. The molecule has 0 spiro atoms. The topological polar surface area (TPSA) is 105 Å². The molecule has 0 amide bonds. The molecule has 3 heterocycles. The monoisotopic (exact) mass is 423 g/mol. The highest BCUT2D eigenvalue weighted by Crippen LogP contribution is 2.38. The Morgan fingerprint density at radius 1 is 1.10 bits per heavy atom. The van der Waals surface area contributed by atoms with Crippen molar-refractivity contribution in [3.8, 4) is 11.5 Å². The summed E-state index contributed by atoms with van der Waals surface area (Å²) in [5.41, 5.74) is 1.03. The van der Waals surface area contributed by atoms with Crippen LogP contribution in [0.3, 0.4) is 0 Å². The molecule has 1 atom stereocenters. The molecule has 1 saturated carbocycles. The fourth-order valence-corrected chi connectivity index (χ4v) is 3.22. The average Bonchev–Trinajstić information content (AvgIpc) is 3.24. The first-order valence-corrected chi connectivity index (χ1v) is 9.89. The first kappa shape index (κ1) is 19.2. The van der Waals surface area contributed by atoms with Crippen LogP contribution in [0.25, 0.3) is 11.5 Å². The Bertz CT molecular complexity index is 1200. The number of halogens is 2. The number of anilines is 3. The molecule has 0 radical (unpaired) electrons. The van der Waals surface area contributed by atoms with Crippen LogP contribution >= 0.6 is 0 Å². The van der Waals surface area contributed by atoms with Crippen molar-refractivity contribution in [2.45, 2.75) is 31.7 Å². The highest BCUT2D eigenvalue weighted by atomic mass is 19.1. The van der Waals surface area contributed by atoms with Gasteiger partial charge >= 0.3 is 0 Å². The van der Waals surface area contributed by atoms with Crippen molar-refractivity contribution >= 4 is 17.7 Å². The number of rotatable bonds is 7. The minimum absolute atomic E-state index is 0.278. The van der Waals surface area contributed by atoms with Crippen LogP contribution in [0.5, 0.6) is 0 Å². The maximum absolute atomic E-state index is 14.1. The van der Waals surface area contributed by atoms with E-state index in [1.165, 1.54) is 12.1 Å². The Labute approximate surface area is 176 Å². The lowest BCUT2D eigenvalue weighted by Gasteiger charge is -2.16. The molecule has 158 valence electrons. The third kappa shape index (κ3) is 4.23. The number of hydrogen-bond acceptors (Lipinski definition) is 7. The lowest BCUT2D eigenvalue weighted by Crippen LogP contribution is -2.14. The second-order valence-corrected chi connectivity index (χ2v) is 7.42. The largest absolute Gasteiger partial charge is 0.463 e. The fraction of sp³-hybridized carbons (Fsp3) is 0.238. The van der Waals surface area contributed by atoms with Gasteiger partial charge in [0.25, 0.3) is 0 Å². The summed E-state index contributed by atoms with van der Waals surface area (Å²) in [5.74, 6) is 1.49. The van der Waals surface area contributed by atoms with Crippen LogP contribution < -0.4 is 10.6 Å². The quantitative estimate of drug-likeness (QED) is 0.387. The van der Waals surface area contributed by atoms with Gasteiger partial charge in [-0.2, -0.15) is 20.1 Å². The molecule has 3 aromatic heterocycles. The molecular formula is C21H19F2N7O. The lowest BCUT2D eigenvalue weighted by atomic mass is 10.1. The molecule has 10 heteroatoms. The van der Waals surface area contributed by atoms with Crippen molar-refractivity contribution in [1.29, 1.82) is 0 Å². The van der Waals surface area contributed by atoms with Crippen molar-refractivity contribution in [2.24, 2.45) is 0 Å². The zero-order valence-electron chi connectivity index (χ0n) is 16.6. The Hall–Kier alpha value is -3.82. The Morgan fingerprint density at radius 2 is 1.94 bits per heavy atom. The van der Waals surface area contributed by atoms with Crippen molar-refractivity contribution < 1.29 is 13.2 Å². The number of benzene rings is 1. The molecule has 5 rings (SSSR count). The summed E-state index contributed by atoms with van der Waals surface area (Å²) in [7, 11) is 0. The number of nitrogens with one attached hydrogen (secondary N) is 3. The van der Waals surface area contributed by atoms with E-state index in [-0.39, 0.29) is 5.92 Å². The second-order valence-electron chi connectivity index (χ2n) is 7.42. The molecule has 3 N–H and O–H groups in total. The summed E-state index contributed by atoms with van der Waals surface area (Å²) in [6.07, 6.45) is 3.60. The Morgan fingerprint density at radius 3 is 2.68 bits per heavy atom. The molecule has 0 saturated heterocycles. The van der Waals surface area contributed by atoms with E-state index in [1.807, 2.05) is 6.07 Å². The van der Waals surface area contributed by atoms with Gasteiger partial charge in [-0.25, -0.2) is 8.78 Å². The third-order valence-corrected chi connectivity index (χ3v) is 4.97. The summed E-state index contributed by atoms with van der Waals surface area (Å²) < 4.78 is 32.7. The minimum atomic E-state index is -0.628. The van der Waals surface area contributed by atoms with Crippen LogP contribution in [-0.4, -0.2) is 25.1 Å². The zero-order chi connectivity index (χ0) is 21.4. The van der Waals surface area contributed by atoms with Gasteiger partial charge in [0.15, 0.2) is 11.6 Å². The van der Waals surface area contributed by atoms with E-state index in [0.29, 0.717) is 40.6 Å². The summed E-state index contributed by atoms with van der Waals surface area (Å²) in [5, 5.41) is 13.3. The van der Waals surface area contributed by atoms with E-state index >= 15 is 0 Å². The van der Waals surface area contributed by atoms with E-state index in [2.05, 4.69) is 35.8 Å². The fourth-order valence-electron chi connectivity index (χ4n) is 3.22. The number of nitrogens with zero attached hydrogens (tertiary/aromatic N) is 4. The second kappa shape index (κ2) is 7.78. The normalized spacial score (nSPS) is 14.4. The van der Waals surface area contributed by atoms with E-state index in [0.717, 1.165) is 18.9 Å². The minimum Gasteiger partial charge on any atom is -0.463 e. The van der Waals surface area contributed by atoms with Gasteiger partial charge < -0.3 is 15.1 Å². The van der Waals surface area contributed by atoms with Gasteiger partial charge in [0, 0.05) is 23.6 Å². The summed E-state index contributed by atoms with van der Waals surface area (Å²) in [6, 6.07) is 8.41. The molecule has 1 aromatic carbocycles. The Balaban J connectivity index is 1.38. The van der Waals surface area contributed by atoms with Gasteiger partial charge in [0.2, 0.25) is 11.9 Å². The van der Waals surface area contributed by atoms with Crippen molar-refractivity contribution in [2.75, 3.05) is 10.6 Å². The first-order chi connectivity index (χ1) is 15.0. The lowest BCUT2D eigenvalue weighted by molar-refractivity contribution is 0.566. The standard InChI is InChI=1S/C21H19F2N7O/c1-11(14-7-6-13(22)9-15(14)23)24-20-26-19(12-4-5-12)27-21(28-20)25-18-10-16(29-30-18)17-3-2-8-31-17/h2-3,6-12H,4-5H2,1H3,(H3,24,25,26,27,28,29,30). The predicted molar refractivity (Wildman–Crippen MR) is 110 cm³/mol. The van der Waals surface area contributed by atoms with Crippen LogP contribution in [-0.2, 0) is 0 Å². The summed E-state index contributed by atoms with van der Waals surface area (Å²) in [6.45, 7) is 1.76. The van der Waals surface area contributed by atoms with Gasteiger partial charge in [-0.1, -0.05) is 6.07 Å². The number of aromatic nitrogens is 5. The summed E-state index contributed by atoms with van der Waals surface area (Å²) in [4.78, 5) is 13.4. The van der Waals surface area contributed by atoms with Crippen molar-refractivity contribution in [1.82, 2.24) is 25.1 Å². The van der Waals surface area contributed by atoms with Crippen LogP contribution in [0.1, 0.15) is 43.1 Å². The molecule has 0 bridgehead atoms. The van der Waals surface area contributed by atoms with Gasteiger partial charge in [-0.3, -0.25) is 5.10 Å². The number of aromatic amines is 1. The molecule has 1 aliphatic rings. The van der Waals surface area contributed by atoms with E-state index in [9.17, 15) is 8.78 Å². The molecule has 1 fully saturated rings. The van der Waals surface area contributed by atoms with Crippen molar-refractivity contribution in [3.05, 3.63) is 65.7 Å². The highest BCUT2D eigenvalue weighted by molar-refractivity contribution is 5.60. The van der Waals surface area contributed by atoms with Crippen LogP contribution in [0, 0.1) is 11.6 Å². The van der Waals surface area contributed by atoms with E-state index < -0.39 is 17.7 Å². The van der Waals surface area contributed by atoms with Crippen LogP contribution in [0.15, 0.2) is 47.1 Å². The third-order valence-electron chi connectivity index (χ3n) is 4.97. The van der Waals surface area contributed by atoms with E-state index in [1.54, 1.807) is 25.3 Å². The first-order valence-electron chi connectivity index (χ1n) is 9.89. The predicted octanol–water partition coefficient (Wildman–Crippen LogP) is 4.93. The molecule has 1 aliphatic carbocycles. The molecule has 8 nitrogen and oxygen atoms in total. The van der Waals surface area contributed by atoms with Crippen LogP contribution in [0.2, 0.25) is 0 Å². The maximum atomic E-state index is 14.1. The highest BCUT2D eigenvalue weighted by Gasteiger charge is 2.28. The smallest absolute Gasteiger partial charge is 0.233 e. The van der Waals surface area contributed by atoms with Gasteiger partial charge in [-0.05, 0) is 38.0 Å². The summed E-state index contributed by atoms with van der Waals surface area (Å²) >= 11 is 0. The molecule has 4 aromatic rings. The van der Waals surface area contributed by atoms with Crippen molar-refractivity contribution in [3.63, 3.8) is 0 Å². The molecule has 0 aliphatic heterocycles. The van der Waals surface area contributed by atoms with Gasteiger partial charge in [0.1, 0.15) is 23.2 Å². The number of hydrogen-bond donors (Lipinski definition) is 3. The average molecular weight is 423 g/mol. The Kier molecular flexibility index (Phi) is 4.81. The zero-order valence-corrected chi connectivity index (χ0v) is 16.6. The maximum Gasteiger partial charge on any atom is 0.233 e.